The zero-order valence-electron chi connectivity index (χ0n) is 31.2. The highest BCUT2D eigenvalue weighted by atomic mass is 16.7. The van der Waals surface area contributed by atoms with Crippen molar-refractivity contribution in [2.45, 2.75) is 198 Å². The van der Waals surface area contributed by atoms with Crippen LogP contribution in [0, 0.1) is 0 Å². The minimum absolute atomic E-state index is 0.113. The highest BCUT2D eigenvalue weighted by Gasteiger charge is 2.44. The van der Waals surface area contributed by atoms with E-state index in [0.29, 0.717) is 13.0 Å². The summed E-state index contributed by atoms with van der Waals surface area (Å²) in [4.78, 5) is 12.6. The Morgan fingerprint density at radius 3 is 1.80 bits per heavy atom. The Kier molecular flexibility index (Phi) is 30.4. The summed E-state index contributed by atoms with van der Waals surface area (Å²) in [6.07, 6.45) is 28.1. The number of esters is 1. The number of carbonyl (C=O) groups is 1. The van der Waals surface area contributed by atoms with Gasteiger partial charge in [-0.25, -0.2) is 0 Å². The quantitative estimate of drug-likeness (QED) is 0.0307. The van der Waals surface area contributed by atoms with E-state index < -0.39 is 43.4 Å². The first kappa shape index (κ1) is 45.7. The van der Waals surface area contributed by atoms with Gasteiger partial charge in [0.25, 0.3) is 0 Å². The van der Waals surface area contributed by atoms with Gasteiger partial charge in [0.2, 0.25) is 0 Å². The van der Waals surface area contributed by atoms with Crippen molar-refractivity contribution in [1.29, 1.82) is 0 Å². The predicted molar refractivity (Wildman–Crippen MR) is 196 cm³/mol. The molecular formula is C40H74O9. The number of carbonyl (C=O) groups excluding carboxylic acids is 1. The molecule has 0 aromatic rings. The van der Waals surface area contributed by atoms with E-state index in [0.717, 1.165) is 38.5 Å². The van der Waals surface area contributed by atoms with Gasteiger partial charge in [-0.1, -0.05) is 134 Å². The number of hydrogen-bond acceptors (Lipinski definition) is 9. The average molecular weight is 699 g/mol. The van der Waals surface area contributed by atoms with Crippen molar-refractivity contribution in [3.63, 3.8) is 0 Å². The van der Waals surface area contributed by atoms with Crippen molar-refractivity contribution in [2.75, 3.05) is 26.4 Å². The fraction of sp³-hybridized carbons (Fsp3) is 0.875. The van der Waals surface area contributed by atoms with Crippen LogP contribution in [0.25, 0.3) is 0 Å². The van der Waals surface area contributed by atoms with Crippen LogP contribution >= 0.6 is 0 Å². The van der Waals surface area contributed by atoms with Crippen molar-refractivity contribution in [1.82, 2.24) is 0 Å². The van der Waals surface area contributed by atoms with E-state index in [1.54, 1.807) is 0 Å². The number of allylic oxidation sites excluding steroid dienone is 4. The van der Waals surface area contributed by atoms with Crippen LogP contribution in [0.1, 0.15) is 162 Å². The third-order valence-electron chi connectivity index (χ3n) is 9.12. The van der Waals surface area contributed by atoms with E-state index in [9.17, 15) is 25.2 Å². The second-order valence-corrected chi connectivity index (χ2v) is 13.7. The van der Waals surface area contributed by atoms with Crippen LogP contribution in [-0.2, 0) is 23.7 Å². The van der Waals surface area contributed by atoms with Crippen LogP contribution in [-0.4, -0.2) is 89.6 Å². The maximum absolute atomic E-state index is 12.6. The summed E-state index contributed by atoms with van der Waals surface area (Å²) in [5.74, 6) is -0.324. The molecule has 0 amide bonds. The second-order valence-electron chi connectivity index (χ2n) is 13.7. The van der Waals surface area contributed by atoms with Crippen molar-refractivity contribution >= 4 is 5.97 Å². The molecule has 6 unspecified atom stereocenters. The molecule has 288 valence electrons. The molecule has 0 spiro atoms. The SMILES string of the molecule is CCCCC/C=C\C/C=C\CCCCCCCCCCCCOCC(COC1OC(CO)C(O)C(O)C1O)OC(=O)CCCCCCCC. The van der Waals surface area contributed by atoms with E-state index in [-0.39, 0.29) is 19.2 Å². The molecule has 0 aromatic heterocycles. The summed E-state index contributed by atoms with van der Waals surface area (Å²) in [5.41, 5.74) is 0. The summed E-state index contributed by atoms with van der Waals surface area (Å²) < 4.78 is 22.6. The van der Waals surface area contributed by atoms with Crippen LogP contribution in [0.2, 0.25) is 0 Å². The van der Waals surface area contributed by atoms with Crippen LogP contribution in [0.3, 0.4) is 0 Å². The molecule has 9 heteroatoms. The van der Waals surface area contributed by atoms with Gasteiger partial charge in [-0.2, -0.15) is 0 Å². The van der Waals surface area contributed by atoms with E-state index in [1.165, 1.54) is 103 Å². The standard InChI is InChI=1S/C40H74O9/c1-3-5-7-9-11-12-13-14-15-16-17-18-19-20-21-22-23-24-26-28-30-46-32-34(48-36(42)29-27-25-10-8-6-4-2)33-47-40-39(45)38(44)37(43)35(31-41)49-40/h11-12,14-15,34-35,37-41,43-45H,3-10,13,16-33H2,1-2H3/b12-11-,15-14-. The molecular weight excluding hydrogens is 624 g/mol. The number of rotatable bonds is 33. The number of aliphatic hydroxyl groups excluding tert-OH is 4. The van der Waals surface area contributed by atoms with E-state index in [1.807, 2.05) is 0 Å². The zero-order chi connectivity index (χ0) is 35.8. The third-order valence-corrected chi connectivity index (χ3v) is 9.12. The van der Waals surface area contributed by atoms with Gasteiger partial charge in [0.15, 0.2) is 6.29 Å². The van der Waals surface area contributed by atoms with Crippen LogP contribution in [0.4, 0.5) is 0 Å². The molecule has 4 N–H and O–H groups in total. The third kappa shape index (κ3) is 24.5. The molecule has 0 aromatic carbocycles. The van der Waals surface area contributed by atoms with Gasteiger partial charge in [0.1, 0.15) is 30.5 Å². The Labute approximate surface area is 298 Å². The summed E-state index contributed by atoms with van der Waals surface area (Å²) in [6, 6.07) is 0. The molecule has 1 aliphatic heterocycles. The van der Waals surface area contributed by atoms with Crippen LogP contribution < -0.4 is 0 Å². The molecule has 49 heavy (non-hydrogen) atoms. The molecule has 6 atom stereocenters. The normalized spacial score (nSPS) is 22.0. The van der Waals surface area contributed by atoms with E-state index >= 15 is 0 Å². The summed E-state index contributed by atoms with van der Waals surface area (Å²) in [7, 11) is 0. The van der Waals surface area contributed by atoms with Gasteiger partial charge in [0, 0.05) is 13.0 Å². The Hall–Kier alpha value is -1.33. The molecule has 0 bridgehead atoms. The average Bonchev–Trinajstić information content (AvgIpc) is 3.10. The highest BCUT2D eigenvalue weighted by Crippen LogP contribution is 2.22. The molecule has 0 aliphatic carbocycles. The topological polar surface area (TPSA) is 135 Å². The lowest BCUT2D eigenvalue weighted by atomic mass is 9.99. The van der Waals surface area contributed by atoms with Gasteiger partial charge >= 0.3 is 5.97 Å². The molecule has 1 aliphatic rings. The maximum atomic E-state index is 12.6. The monoisotopic (exact) mass is 699 g/mol. The maximum Gasteiger partial charge on any atom is 0.306 e. The largest absolute Gasteiger partial charge is 0.457 e. The van der Waals surface area contributed by atoms with E-state index in [2.05, 4.69) is 38.2 Å². The van der Waals surface area contributed by atoms with Crippen molar-refractivity contribution < 1.29 is 44.2 Å². The molecule has 9 nitrogen and oxygen atoms in total. The Bertz CT molecular complexity index is 803. The molecule has 1 heterocycles. The molecule has 1 rings (SSSR count). The number of ether oxygens (including phenoxy) is 4. The predicted octanol–water partition coefficient (Wildman–Crippen LogP) is 7.86. The van der Waals surface area contributed by atoms with Crippen LogP contribution in [0.5, 0.6) is 0 Å². The minimum atomic E-state index is -1.53. The lowest BCUT2D eigenvalue weighted by molar-refractivity contribution is -0.305. The lowest BCUT2D eigenvalue weighted by Gasteiger charge is -2.39. The number of hydrogen-bond donors (Lipinski definition) is 4. The van der Waals surface area contributed by atoms with Gasteiger partial charge < -0.3 is 39.4 Å². The summed E-state index contributed by atoms with van der Waals surface area (Å²) in [5, 5.41) is 39.8. The van der Waals surface area contributed by atoms with Crippen molar-refractivity contribution in [3.8, 4) is 0 Å². The first-order valence-corrected chi connectivity index (χ1v) is 19.9. The number of aliphatic hydroxyl groups is 4. The minimum Gasteiger partial charge on any atom is -0.457 e. The van der Waals surface area contributed by atoms with Crippen molar-refractivity contribution in [3.05, 3.63) is 24.3 Å². The number of unbranched alkanes of at least 4 members (excludes halogenated alkanes) is 18. The fourth-order valence-electron chi connectivity index (χ4n) is 5.93. The first-order chi connectivity index (χ1) is 23.9. The second kappa shape index (κ2) is 32.6. The summed E-state index contributed by atoms with van der Waals surface area (Å²) in [6.45, 7) is 4.46. The van der Waals surface area contributed by atoms with Gasteiger partial charge in [0.05, 0.1) is 19.8 Å². The zero-order valence-corrected chi connectivity index (χ0v) is 31.2. The van der Waals surface area contributed by atoms with Crippen molar-refractivity contribution in [2.24, 2.45) is 0 Å². The highest BCUT2D eigenvalue weighted by molar-refractivity contribution is 5.69. The van der Waals surface area contributed by atoms with Crippen LogP contribution in [0.15, 0.2) is 24.3 Å². The smallest absolute Gasteiger partial charge is 0.306 e. The Morgan fingerprint density at radius 1 is 0.653 bits per heavy atom. The van der Waals surface area contributed by atoms with E-state index in [4.69, 9.17) is 18.9 Å². The molecule has 1 saturated heterocycles. The fourth-order valence-corrected chi connectivity index (χ4v) is 5.93. The molecule has 0 saturated carbocycles. The summed E-state index contributed by atoms with van der Waals surface area (Å²) >= 11 is 0. The van der Waals surface area contributed by atoms with Gasteiger partial charge in [-0.15, -0.1) is 0 Å². The Morgan fingerprint density at radius 2 is 1.18 bits per heavy atom. The Balaban J connectivity index is 2.19. The van der Waals surface area contributed by atoms with Gasteiger partial charge in [-0.3, -0.25) is 4.79 Å². The first-order valence-electron chi connectivity index (χ1n) is 19.9. The molecule has 1 fully saturated rings. The van der Waals surface area contributed by atoms with Gasteiger partial charge in [-0.05, 0) is 44.9 Å². The molecule has 0 radical (unpaired) electrons. The lowest BCUT2D eigenvalue weighted by Crippen LogP contribution is -2.59.